The number of rotatable bonds is 6. The number of ether oxygens (including phenoxy) is 1. The lowest BCUT2D eigenvalue weighted by molar-refractivity contribution is -0.152. The highest BCUT2D eigenvalue weighted by molar-refractivity contribution is 5.84. The van der Waals surface area contributed by atoms with Gasteiger partial charge in [0.25, 0.3) is 0 Å². The van der Waals surface area contributed by atoms with Gasteiger partial charge in [0, 0.05) is 30.2 Å². The molecule has 2 aromatic rings. The van der Waals surface area contributed by atoms with Crippen LogP contribution in [0.15, 0.2) is 29.4 Å². The maximum Gasteiger partial charge on any atom is 0.328 e. The molecule has 0 aliphatic heterocycles. The van der Waals surface area contributed by atoms with E-state index < -0.39 is 5.60 Å². The van der Waals surface area contributed by atoms with Gasteiger partial charge in [0.05, 0.1) is 0 Å². The largest absolute Gasteiger partial charge is 0.459 e. The molecule has 0 radical (unpaired) electrons. The van der Waals surface area contributed by atoms with E-state index in [1.807, 2.05) is 27.7 Å². The number of esters is 1. The summed E-state index contributed by atoms with van der Waals surface area (Å²) in [6.45, 7) is 11.1. The molecule has 6 heteroatoms. The monoisotopic (exact) mass is 358 g/mol. The molecule has 6 nitrogen and oxygen atoms in total. The van der Waals surface area contributed by atoms with Gasteiger partial charge in [0.2, 0.25) is 0 Å². The second-order valence-corrected chi connectivity index (χ2v) is 7.32. The van der Waals surface area contributed by atoms with E-state index in [9.17, 15) is 4.79 Å². The molecule has 1 aromatic carbocycles. The van der Waals surface area contributed by atoms with Crippen LogP contribution in [0.4, 0.5) is 0 Å². The van der Waals surface area contributed by atoms with Crippen LogP contribution in [0.5, 0.6) is 0 Å². The fourth-order valence-electron chi connectivity index (χ4n) is 2.68. The second kappa shape index (κ2) is 8.74. The molecule has 0 aliphatic carbocycles. The van der Waals surface area contributed by atoms with Crippen LogP contribution >= 0.6 is 0 Å². The Kier molecular flexibility index (Phi) is 6.66. The minimum Gasteiger partial charge on any atom is -0.459 e. The molecule has 0 atom stereocenters. The highest BCUT2D eigenvalue weighted by Gasteiger charge is 2.15. The first-order valence-electron chi connectivity index (χ1n) is 9.09. The molecule has 26 heavy (non-hydrogen) atoms. The van der Waals surface area contributed by atoms with Crippen LogP contribution in [0.1, 0.15) is 38.8 Å². The van der Waals surface area contributed by atoms with Crippen LogP contribution < -0.4 is 10.6 Å². The van der Waals surface area contributed by atoms with Crippen molar-refractivity contribution in [3.8, 4) is 0 Å². The third-order valence-corrected chi connectivity index (χ3v) is 3.74. The fraction of sp³-hybridized carbons (Fsp3) is 0.500. The lowest BCUT2D eigenvalue weighted by atomic mass is 10.1. The van der Waals surface area contributed by atoms with Gasteiger partial charge in [0.1, 0.15) is 12.1 Å². The van der Waals surface area contributed by atoms with Crippen molar-refractivity contribution in [3.05, 3.63) is 35.5 Å². The van der Waals surface area contributed by atoms with E-state index in [1.54, 1.807) is 0 Å². The molecular weight excluding hydrogens is 328 g/mol. The minimum absolute atomic E-state index is 0.00103. The molecule has 0 bridgehead atoms. The normalized spacial score (nSPS) is 12.3. The number of aryl methyl sites for hydroxylation is 1. The van der Waals surface area contributed by atoms with Gasteiger partial charge >= 0.3 is 5.97 Å². The highest BCUT2D eigenvalue weighted by Crippen LogP contribution is 2.19. The van der Waals surface area contributed by atoms with Crippen molar-refractivity contribution in [2.45, 2.75) is 46.6 Å². The summed E-state index contributed by atoms with van der Waals surface area (Å²) in [5, 5.41) is 7.66. The van der Waals surface area contributed by atoms with Crippen LogP contribution in [0.3, 0.4) is 0 Å². The standard InChI is InChI=1S/C20H30N4O2/c1-6-21-19(24-13-18(25)26-20(3,4)5)22-10-9-15-12-23-17-11-14(2)7-8-16(15)17/h7-8,11-12,23H,6,9-10,13H2,1-5H3,(H2,21,22,24). The molecule has 0 amide bonds. The van der Waals surface area contributed by atoms with E-state index in [4.69, 9.17) is 4.74 Å². The summed E-state index contributed by atoms with van der Waals surface area (Å²) >= 11 is 0. The molecule has 0 saturated heterocycles. The topological polar surface area (TPSA) is 78.5 Å². The summed E-state index contributed by atoms with van der Waals surface area (Å²) in [4.78, 5) is 19.4. The van der Waals surface area contributed by atoms with Gasteiger partial charge in [0.15, 0.2) is 5.96 Å². The lowest BCUT2D eigenvalue weighted by Gasteiger charge is -2.19. The third kappa shape index (κ3) is 6.10. The van der Waals surface area contributed by atoms with E-state index in [1.165, 1.54) is 16.5 Å². The molecule has 0 aliphatic rings. The second-order valence-electron chi connectivity index (χ2n) is 7.32. The number of nitrogens with zero attached hydrogens (tertiary/aromatic N) is 1. The van der Waals surface area contributed by atoms with Crippen LogP contribution in [-0.4, -0.2) is 42.1 Å². The number of benzene rings is 1. The van der Waals surface area contributed by atoms with Crippen molar-refractivity contribution in [2.75, 3.05) is 19.6 Å². The number of carbonyl (C=O) groups excluding carboxylic acids is 1. The van der Waals surface area contributed by atoms with Crippen LogP contribution in [0, 0.1) is 6.92 Å². The fourth-order valence-corrected chi connectivity index (χ4v) is 2.68. The van der Waals surface area contributed by atoms with E-state index in [-0.39, 0.29) is 12.5 Å². The quantitative estimate of drug-likeness (QED) is 0.421. The summed E-state index contributed by atoms with van der Waals surface area (Å²) in [6.07, 6.45) is 2.91. The Morgan fingerprint density at radius 2 is 2.04 bits per heavy atom. The number of guanidine groups is 1. The molecule has 0 fully saturated rings. The van der Waals surface area contributed by atoms with Gasteiger partial charge in [-0.25, -0.2) is 4.99 Å². The maximum absolute atomic E-state index is 11.8. The number of carbonyl (C=O) groups is 1. The number of nitrogens with one attached hydrogen (secondary N) is 3. The first-order valence-corrected chi connectivity index (χ1v) is 9.09. The van der Waals surface area contributed by atoms with Crippen molar-refractivity contribution in [1.82, 2.24) is 15.6 Å². The number of hydrogen-bond donors (Lipinski definition) is 3. The van der Waals surface area contributed by atoms with Crippen molar-refractivity contribution in [2.24, 2.45) is 4.99 Å². The zero-order chi connectivity index (χ0) is 19.2. The van der Waals surface area contributed by atoms with Gasteiger partial charge in [-0.05, 0) is 58.2 Å². The first-order chi connectivity index (χ1) is 12.3. The highest BCUT2D eigenvalue weighted by atomic mass is 16.6. The smallest absolute Gasteiger partial charge is 0.328 e. The van der Waals surface area contributed by atoms with E-state index in [2.05, 4.69) is 51.9 Å². The predicted molar refractivity (Wildman–Crippen MR) is 107 cm³/mol. The summed E-state index contributed by atoms with van der Waals surface area (Å²) in [5.74, 6) is 0.288. The van der Waals surface area contributed by atoms with Crippen LogP contribution in [0.2, 0.25) is 0 Å². The summed E-state index contributed by atoms with van der Waals surface area (Å²) < 4.78 is 5.28. The Morgan fingerprint density at radius 1 is 1.27 bits per heavy atom. The Hall–Kier alpha value is -2.50. The van der Waals surface area contributed by atoms with Crippen molar-refractivity contribution < 1.29 is 9.53 Å². The molecule has 1 heterocycles. The third-order valence-electron chi connectivity index (χ3n) is 3.74. The average molecular weight is 358 g/mol. The zero-order valence-corrected chi connectivity index (χ0v) is 16.4. The molecule has 3 N–H and O–H groups in total. The number of aliphatic imine (C=N–C) groups is 1. The number of H-pyrrole nitrogens is 1. The minimum atomic E-state index is -0.494. The molecule has 0 spiro atoms. The van der Waals surface area contributed by atoms with Crippen LogP contribution in [0.25, 0.3) is 10.9 Å². The lowest BCUT2D eigenvalue weighted by Crippen LogP contribution is -2.39. The zero-order valence-electron chi connectivity index (χ0n) is 16.4. The number of hydrogen-bond acceptors (Lipinski definition) is 3. The summed E-state index contributed by atoms with van der Waals surface area (Å²) in [5.41, 5.74) is 3.17. The van der Waals surface area contributed by atoms with Gasteiger partial charge < -0.3 is 20.4 Å². The van der Waals surface area contributed by atoms with Gasteiger partial charge in [-0.15, -0.1) is 0 Å². The van der Waals surface area contributed by atoms with Gasteiger partial charge in [-0.2, -0.15) is 0 Å². The maximum atomic E-state index is 11.8. The van der Waals surface area contributed by atoms with Crippen molar-refractivity contribution >= 4 is 22.8 Å². The van der Waals surface area contributed by atoms with Crippen molar-refractivity contribution in [1.29, 1.82) is 0 Å². The Bertz CT molecular complexity index is 772. The Morgan fingerprint density at radius 3 is 2.73 bits per heavy atom. The molecular formula is C20H30N4O2. The predicted octanol–water partition coefficient (Wildman–Crippen LogP) is 2.92. The number of aromatic nitrogens is 1. The molecule has 0 unspecified atom stereocenters. The summed E-state index contributed by atoms with van der Waals surface area (Å²) in [6, 6.07) is 6.43. The van der Waals surface area contributed by atoms with Gasteiger partial charge in [-0.1, -0.05) is 12.1 Å². The first kappa shape index (κ1) is 19.8. The van der Waals surface area contributed by atoms with Crippen molar-refractivity contribution in [3.63, 3.8) is 0 Å². The van der Waals surface area contributed by atoms with E-state index >= 15 is 0 Å². The van der Waals surface area contributed by atoms with Gasteiger partial charge in [-0.3, -0.25) is 4.79 Å². The Labute approximate surface area is 155 Å². The average Bonchev–Trinajstić information content (AvgIpc) is 2.93. The molecule has 0 saturated carbocycles. The summed E-state index contributed by atoms with van der Waals surface area (Å²) in [7, 11) is 0. The SMILES string of the molecule is CCNC(=NCC(=O)OC(C)(C)C)NCCc1c[nH]c2cc(C)ccc12. The number of fused-ring (bicyclic) bond motifs is 1. The molecule has 142 valence electrons. The molecule has 2 rings (SSSR count). The van der Waals surface area contributed by atoms with E-state index in [0.717, 1.165) is 25.0 Å². The number of aromatic amines is 1. The van der Waals surface area contributed by atoms with E-state index in [0.29, 0.717) is 5.96 Å². The molecule has 1 aromatic heterocycles. The van der Waals surface area contributed by atoms with Crippen LogP contribution in [-0.2, 0) is 16.0 Å². The Balaban J connectivity index is 1.91.